The number of rotatable bonds is 0. The van der Waals surface area contributed by atoms with Gasteiger partial charge in [0.1, 0.15) is 5.60 Å². The van der Waals surface area contributed by atoms with Gasteiger partial charge in [0, 0.05) is 18.5 Å². The number of nitrogens with zero attached hydrogens (tertiary/aromatic N) is 1. The van der Waals surface area contributed by atoms with Crippen LogP contribution in [0.25, 0.3) is 0 Å². The van der Waals surface area contributed by atoms with E-state index < -0.39 is 5.60 Å². The predicted octanol–water partition coefficient (Wildman–Crippen LogP) is 2.16. The van der Waals surface area contributed by atoms with E-state index in [-0.39, 0.29) is 24.2 Å². The number of likely N-dealkylation sites (tertiary alicyclic amines) is 1. The van der Waals surface area contributed by atoms with Gasteiger partial charge in [-0.3, -0.25) is 0 Å². The standard InChI is InChI=1S/C13H23NO3/c1-13(2,3)17-12(16)14-8-7-9-10(14)5-4-6-11(9)15/h9-11,15H,4-8H2,1-3H3/t9-,10-,11-/m0/s1. The quantitative estimate of drug-likeness (QED) is 0.707. The van der Waals surface area contributed by atoms with E-state index in [1.807, 2.05) is 25.7 Å². The molecule has 1 amide bonds. The van der Waals surface area contributed by atoms with Crippen LogP contribution in [0.5, 0.6) is 0 Å². The van der Waals surface area contributed by atoms with Crippen LogP contribution >= 0.6 is 0 Å². The first-order valence-corrected chi connectivity index (χ1v) is 6.56. The fraction of sp³-hybridized carbons (Fsp3) is 0.923. The Morgan fingerprint density at radius 1 is 1.29 bits per heavy atom. The predicted molar refractivity (Wildman–Crippen MR) is 64.7 cm³/mol. The molecule has 1 saturated carbocycles. The Labute approximate surface area is 103 Å². The third-order valence-electron chi connectivity index (χ3n) is 3.72. The summed E-state index contributed by atoms with van der Waals surface area (Å²) >= 11 is 0. The van der Waals surface area contributed by atoms with E-state index in [9.17, 15) is 9.90 Å². The number of ether oxygens (including phenoxy) is 1. The Morgan fingerprint density at radius 3 is 2.65 bits per heavy atom. The van der Waals surface area contributed by atoms with Crippen molar-refractivity contribution in [3.63, 3.8) is 0 Å². The summed E-state index contributed by atoms with van der Waals surface area (Å²) in [6.07, 6.45) is 3.33. The van der Waals surface area contributed by atoms with Gasteiger partial charge in [-0.05, 0) is 46.5 Å². The number of hydrogen-bond acceptors (Lipinski definition) is 3. The van der Waals surface area contributed by atoms with Crippen molar-refractivity contribution in [3.05, 3.63) is 0 Å². The van der Waals surface area contributed by atoms with Crippen molar-refractivity contribution in [3.8, 4) is 0 Å². The molecule has 98 valence electrons. The van der Waals surface area contributed by atoms with Gasteiger partial charge in [0.05, 0.1) is 6.10 Å². The SMILES string of the molecule is CC(C)(C)OC(=O)N1CC[C@@H]2[C@@H](O)CCC[C@@H]21. The number of fused-ring (bicyclic) bond motifs is 1. The molecule has 2 fully saturated rings. The summed E-state index contributed by atoms with van der Waals surface area (Å²) in [7, 11) is 0. The van der Waals surface area contributed by atoms with E-state index in [4.69, 9.17) is 4.74 Å². The Morgan fingerprint density at radius 2 is 2.00 bits per heavy atom. The van der Waals surface area contributed by atoms with Gasteiger partial charge in [-0.15, -0.1) is 0 Å². The van der Waals surface area contributed by atoms with Crippen molar-refractivity contribution < 1.29 is 14.6 Å². The second kappa shape index (κ2) is 4.48. The molecule has 3 atom stereocenters. The van der Waals surface area contributed by atoms with E-state index in [0.29, 0.717) is 0 Å². The van der Waals surface area contributed by atoms with Crippen LogP contribution in [-0.4, -0.2) is 40.4 Å². The first-order valence-electron chi connectivity index (χ1n) is 6.56. The lowest BCUT2D eigenvalue weighted by Crippen LogP contribution is -2.45. The summed E-state index contributed by atoms with van der Waals surface area (Å²) in [4.78, 5) is 13.9. The third-order valence-corrected chi connectivity index (χ3v) is 3.72. The highest BCUT2D eigenvalue weighted by Crippen LogP contribution is 2.37. The van der Waals surface area contributed by atoms with Crippen molar-refractivity contribution in [1.29, 1.82) is 0 Å². The molecule has 1 aliphatic heterocycles. The molecule has 0 aromatic heterocycles. The molecule has 1 saturated heterocycles. The van der Waals surface area contributed by atoms with E-state index in [1.165, 1.54) is 0 Å². The van der Waals surface area contributed by atoms with Crippen molar-refractivity contribution in [2.45, 2.75) is 64.2 Å². The van der Waals surface area contributed by atoms with Crippen LogP contribution in [0.4, 0.5) is 4.79 Å². The molecule has 0 radical (unpaired) electrons. The molecule has 0 bridgehead atoms. The van der Waals surface area contributed by atoms with Crippen molar-refractivity contribution >= 4 is 6.09 Å². The number of aliphatic hydroxyl groups is 1. The van der Waals surface area contributed by atoms with Gasteiger partial charge in [-0.1, -0.05) is 0 Å². The lowest BCUT2D eigenvalue weighted by atomic mass is 9.83. The second-order valence-corrected chi connectivity index (χ2v) is 6.19. The van der Waals surface area contributed by atoms with Crippen LogP contribution in [0.15, 0.2) is 0 Å². The highest BCUT2D eigenvalue weighted by atomic mass is 16.6. The molecule has 1 aliphatic carbocycles. The van der Waals surface area contributed by atoms with Crippen LogP contribution in [0.2, 0.25) is 0 Å². The van der Waals surface area contributed by atoms with Crippen LogP contribution in [0.1, 0.15) is 46.5 Å². The van der Waals surface area contributed by atoms with Gasteiger partial charge in [0.2, 0.25) is 0 Å². The fourth-order valence-corrected chi connectivity index (χ4v) is 2.99. The van der Waals surface area contributed by atoms with E-state index >= 15 is 0 Å². The van der Waals surface area contributed by atoms with Crippen LogP contribution in [0.3, 0.4) is 0 Å². The molecule has 4 heteroatoms. The molecule has 0 aromatic rings. The molecular weight excluding hydrogens is 218 g/mol. The van der Waals surface area contributed by atoms with Crippen molar-refractivity contribution in [2.24, 2.45) is 5.92 Å². The third kappa shape index (κ3) is 2.73. The zero-order valence-electron chi connectivity index (χ0n) is 11.0. The molecule has 0 spiro atoms. The van der Waals surface area contributed by atoms with Gasteiger partial charge < -0.3 is 14.7 Å². The van der Waals surface area contributed by atoms with Crippen LogP contribution < -0.4 is 0 Å². The summed E-state index contributed by atoms with van der Waals surface area (Å²) in [5.74, 6) is 0.260. The first kappa shape index (κ1) is 12.7. The number of carbonyl (C=O) groups excluding carboxylic acids is 1. The number of amides is 1. The molecular formula is C13H23NO3. The summed E-state index contributed by atoms with van der Waals surface area (Å²) in [6, 6.07) is 0.189. The minimum atomic E-state index is -0.442. The minimum absolute atomic E-state index is 0.189. The monoisotopic (exact) mass is 241 g/mol. The van der Waals surface area contributed by atoms with Gasteiger partial charge in [0.25, 0.3) is 0 Å². The molecule has 0 unspecified atom stereocenters. The summed E-state index contributed by atoms with van der Waals surface area (Å²) in [6.45, 7) is 6.37. The average Bonchev–Trinajstić information content (AvgIpc) is 2.60. The molecule has 1 heterocycles. The molecule has 1 N–H and O–H groups in total. The fourth-order valence-electron chi connectivity index (χ4n) is 2.99. The maximum absolute atomic E-state index is 12.0. The summed E-state index contributed by atoms with van der Waals surface area (Å²) in [5.41, 5.74) is -0.442. The highest BCUT2D eigenvalue weighted by Gasteiger charge is 2.43. The number of carbonyl (C=O) groups is 1. The Hall–Kier alpha value is -0.770. The number of aliphatic hydroxyl groups excluding tert-OH is 1. The zero-order valence-corrected chi connectivity index (χ0v) is 11.0. The lowest BCUT2D eigenvalue weighted by molar-refractivity contribution is 0.00481. The molecule has 17 heavy (non-hydrogen) atoms. The summed E-state index contributed by atoms with van der Waals surface area (Å²) < 4.78 is 5.41. The smallest absolute Gasteiger partial charge is 0.410 e. The van der Waals surface area contributed by atoms with Crippen molar-refractivity contribution in [2.75, 3.05) is 6.54 Å². The topological polar surface area (TPSA) is 49.8 Å². The first-order chi connectivity index (χ1) is 7.88. The summed E-state index contributed by atoms with van der Waals surface area (Å²) in [5, 5.41) is 9.93. The Kier molecular flexibility index (Phi) is 3.34. The molecule has 2 aliphatic rings. The van der Waals surface area contributed by atoms with Crippen LogP contribution in [-0.2, 0) is 4.74 Å². The zero-order chi connectivity index (χ0) is 12.6. The maximum atomic E-state index is 12.0. The second-order valence-electron chi connectivity index (χ2n) is 6.19. The Bertz CT molecular complexity index is 298. The molecule has 2 rings (SSSR count). The van der Waals surface area contributed by atoms with Crippen molar-refractivity contribution in [1.82, 2.24) is 4.90 Å². The Balaban J connectivity index is 2.01. The normalized spacial score (nSPS) is 33.4. The minimum Gasteiger partial charge on any atom is -0.444 e. The van der Waals surface area contributed by atoms with Gasteiger partial charge in [-0.25, -0.2) is 4.79 Å². The van der Waals surface area contributed by atoms with E-state index in [0.717, 1.165) is 32.2 Å². The van der Waals surface area contributed by atoms with Gasteiger partial charge >= 0.3 is 6.09 Å². The largest absolute Gasteiger partial charge is 0.444 e. The highest BCUT2D eigenvalue weighted by molar-refractivity contribution is 5.69. The van der Waals surface area contributed by atoms with E-state index in [2.05, 4.69) is 0 Å². The number of hydrogen-bond donors (Lipinski definition) is 1. The van der Waals surface area contributed by atoms with Gasteiger partial charge in [0.15, 0.2) is 0 Å². The van der Waals surface area contributed by atoms with Crippen LogP contribution in [0, 0.1) is 5.92 Å². The van der Waals surface area contributed by atoms with Gasteiger partial charge in [-0.2, -0.15) is 0 Å². The maximum Gasteiger partial charge on any atom is 0.410 e. The molecule has 0 aromatic carbocycles. The molecule has 4 nitrogen and oxygen atoms in total. The van der Waals surface area contributed by atoms with E-state index in [1.54, 1.807) is 0 Å². The lowest BCUT2D eigenvalue weighted by Gasteiger charge is -2.35. The average molecular weight is 241 g/mol.